The quantitative estimate of drug-likeness (QED) is 0.572. The second-order valence-corrected chi connectivity index (χ2v) is 9.43. The molecule has 0 N–H and O–H groups in total. The van der Waals surface area contributed by atoms with E-state index in [-0.39, 0.29) is 0 Å². The van der Waals surface area contributed by atoms with Gasteiger partial charge in [-0.3, -0.25) is 0 Å². The normalized spacial score (nSPS) is 13.7. The van der Waals surface area contributed by atoms with E-state index in [1.54, 1.807) is 0 Å². The summed E-state index contributed by atoms with van der Waals surface area (Å²) in [5, 5.41) is 4.40. The van der Waals surface area contributed by atoms with Crippen LogP contribution in [0, 0.1) is 0 Å². The molecule has 104 valence electrons. The molecule has 0 heterocycles. The molecule has 0 nitrogen and oxygen atoms in total. The summed E-state index contributed by atoms with van der Waals surface area (Å²) in [6.07, 6.45) is 6.51. The Kier molecular flexibility index (Phi) is 4.93. The molecule has 0 aromatic heterocycles. The van der Waals surface area contributed by atoms with Crippen molar-refractivity contribution in [1.29, 1.82) is 0 Å². The van der Waals surface area contributed by atoms with Crippen LogP contribution in [0.15, 0.2) is 84.2 Å². The van der Waals surface area contributed by atoms with E-state index in [2.05, 4.69) is 99.4 Å². The van der Waals surface area contributed by atoms with Crippen LogP contribution in [0.1, 0.15) is 13.8 Å². The van der Waals surface area contributed by atoms with Crippen molar-refractivity contribution in [3.63, 3.8) is 0 Å². The van der Waals surface area contributed by atoms with E-state index in [9.17, 15) is 0 Å². The van der Waals surface area contributed by atoms with Gasteiger partial charge in [-0.25, -0.2) is 0 Å². The van der Waals surface area contributed by atoms with E-state index in [1.807, 2.05) is 0 Å². The monoisotopic (exact) mass is 282 g/mol. The minimum absolute atomic E-state index is 1.46. The summed E-state index contributed by atoms with van der Waals surface area (Å²) in [4.78, 5) is 0. The molecule has 2 rings (SSSR count). The van der Waals surface area contributed by atoms with Gasteiger partial charge in [0.2, 0.25) is 0 Å². The molecule has 2 aromatic carbocycles. The van der Waals surface area contributed by atoms with E-state index >= 15 is 0 Å². The molecule has 0 aliphatic carbocycles. The number of allylic oxidation sites excluding steroid dienone is 4. The van der Waals surface area contributed by atoms with Gasteiger partial charge >= 0.3 is 123 Å². The minimum atomic E-state index is -1.83. The fourth-order valence-electron chi connectivity index (χ4n) is 2.57. The van der Waals surface area contributed by atoms with Gasteiger partial charge in [-0.15, -0.1) is 0 Å². The third-order valence-corrected chi connectivity index (χ3v) is 8.75. The molecular formula is C19H23P. The predicted molar refractivity (Wildman–Crippen MR) is 95.0 cm³/mol. The number of benzene rings is 2. The first-order valence-corrected chi connectivity index (χ1v) is 9.60. The van der Waals surface area contributed by atoms with E-state index in [0.717, 1.165) is 0 Å². The SMILES string of the molecule is C/C=C\C=C(/C)[PH](C)(c1ccccc1)c1ccccc1. The van der Waals surface area contributed by atoms with Gasteiger partial charge in [-0.2, -0.15) is 0 Å². The maximum atomic E-state index is 2.44. The maximum absolute atomic E-state index is 2.44. The van der Waals surface area contributed by atoms with Crippen LogP contribution in [-0.2, 0) is 0 Å². The van der Waals surface area contributed by atoms with Crippen molar-refractivity contribution in [3.05, 3.63) is 84.2 Å². The molecule has 0 atom stereocenters. The van der Waals surface area contributed by atoms with Gasteiger partial charge in [0.1, 0.15) is 0 Å². The molecular weight excluding hydrogens is 259 g/mol. The molecule has 0 spiro atoms. The van der Waals surface area contributed by atoms with Crippen molar-refractivity contribution in [2.75, 3.05) is 6.66 Å². The van der Waals surface area contributed by atoms with Gasteiger partial charge in [0.15, 0.2) is 0 Å². The second-order valence-electron chi connectivity index (χ2n) is 5.23. The van der Waals surface area contributed by atoms with Gasteiger partial charge in [0.05, 0.1) is 0 Å². The Bertz CT molecular complexity index is 555. The molecule has 20 heavy (non-hydrogen) atoms. The van der Waals surface area contributed by atoms with Crippen LogP contribution in [0.2, 0.25) is 0 Å². The van der Waals surface area contributed by atoms with Crippen LogP contribution in [-0.4, -0.2) is 6.66 Å². The Morgan fingerprint density at radius 3 is 1.70 bits per heavy atom. The van der Waals surface area contributed by atoms with Gasteiger partial charge in [0, 0.05) is 0 Å². The average Bonchev–Trinajstić information content (AvgIpc) is 2.53. The van der Waals surface area contributed by atoms with Gasteiger partial charge in [0.25, 0.3) is 0 Å². The van der Waals surface area contributed by atoms with Gasteiger partial charge in [-0.05, 0) is 0 Å². The molecule has 2 aromatic rings. The van der Waals surface area contributed by atoms with E-state index < -0.39 is 7.26 Å². The van der Waals surface area contributed by atoms with E-state index in [0.29, 0.717) is 0 Å². The number of rotatable bonds is 4. The molecule has 1 heteroatoms. The summed E-state index contributed by atoms with van der Waals surface area (Å²) >= 11 is 0. The first-order valence-electron chi connectivity index (χ1n) is 7.10. The molecule has 0 fully saturated rings. The predicted octanol–water partition coefficient (Wildman–Crippen LogP) is 4.50. The van der Waals surface area contributed by atoms with Crippen molar-refractivity contribution in [2.24, 2.45) is 0 Å². The molecule has 0 aliphatic rings. The third-order valence-electron chi connectivity index (χ3n) is 4.03. The Morgan fingerprint density at radius 1 is 0.850 bits per heavy atom. The summed E-state index contributed by atoms with van der Waals surface area (Å²) in [6, 6.07) is 21.8. The average molecular weight is 282 g/mol. The zero-order valence-corrected chi connectivity index (χ0v) is 13.5. The van der Waals surface area contributed by atoms with Crippen LogP contribution in [0.4, 0.5) is 0 Å². The Balaban J connectivity index is 2.61. The van der Waals surface area contributed by atoms with Crippen molar-refractivity contribution in [2.45, 2.75) is 13.8 Å². The molecule has 0 saturated carbocycles. The third kappa shape index (κ3) is 2.92. The van der Waals surface area contributed by atoms with Crippen molar-refractivity contribution in [3.8, 4) is 0 Å². The second kappa shape index (κ2) is 6.68. The molecule has 0 amide bonds. The summed E-state index contributed by atoms with van der Waals surface area (Å²) in [5.41, 5.74) is 0. The molecule has 0 aliphatic heterocycles. The van der Waals surface area contributed by atoms with Crippen LogP contribution >= 0.6 is 7.26 Å². The Hall–Kier alpha value is -1.65. The fraction of sp³-hybridized carbons (Fsp3) is 0.158. The topological polar surface area (TPSA) is 0 Å². The first kappa shape index (κ1) is 14.8. The zero-order chi connectivity index (χ0) is 14.4. The Labute approximate surface area is 123 Å². The summed E-state index contributed by atoms with van der Waals surface area (Å²) < 4.78 is 0. The Morgan fingerprint density at radius 2 is 1.30 bits per heavy atom. The zero-order valence-electron chi connectivity index (χ0n) is 12.5. The van der Waals surface area contributed by atoms with Crippen molar-refractivity contribution >= 4 is 17.9 Å². The fourth-order valence-corrected chi connectivity index (χ4v) is 5.96. The number of hydrogen-bond donors (Lipinski definition) is 0. The van der Waals surface area contributed by atoms with Gasteiger partial charge < -0.3 is 0 Å². The first-order chi connectivity index (χ1) is 9.69. The van der Waals surface area contributed by atoms with Crippen LogP contribution in [0.3, 0.4) is 0 Å². The van der Waals surface area contributed by atoms with E-state index in [4.69, 9.17) is 0 Å². The standard InChI is InChI=1S/C19H23P/c1-4-5-12-17(2)20(3,18-13-8-6-9-14-18)19-15-10-7-11-16-19/h4-16,20H,1-3H3/b5-4-,17-12+. The van der Waals surface area contributed by atoms with Crippen molar-refractivity contribution < 1.29 is 0 Å². The summed E-state index contributed by atoms with van der Waals surface area (Å²) in [7, 11) is -1.83. The summed E-state index contributed by atoms with van der Waals surface area (Å²) in [5.74, 6) is 0. The van der Waals surface area contributed by atoms with Crippen LogP contribution in [0.25, 0.3) is 0 Å². The van der Waals surface area contributed by atoms with Crippen LogP contribution < -0.4 is 10.6 Å². The summed E-state index contributed by atoms with van der Waals surface area (Å²) in [6.45, 7) is 6.77. The molecule has 0 unspecified atom stereocenters. The molecule has 0 radical (unpaired) electrons. The number of hydrogen-bond acceptors (Lipinski definition) is 0. The molecule has 0 bridgehead atoms. The van der Waals surface area contributed by atoms with Crippen LogP contribution in [0.5, 0.6) is 0 Å². The van der Waals surface area contributed by atoms with Gasteiger partial charge in [-0.1, -0.05) is 0 Å². The van der Waals surface area contributed by atoms with Crippen molar-refractivity contribution in [1.82, 2.24) is 0 Å². The molecule has 0 saturated heterocycles. The van der Waals surface area contributed by atoms with E-state index in [1.165, 1.54) is 15.9 Å².